The number of anilines is 2. The monoisotopic (exact) mass is 836 g/mol. The van der Waals surface area contributed by atoms with Gasteiger partial charge in [-0.1, -0.05) is 23.3 Å². The van der Waals surface area contributed by atoms with E-state index in [9.17, 15) is 29.7 Å². The number of phenolic OH excluding ortho intramolecular Hbond substituents is 1. The second-order valence-corrected chi connectivity index (χ2v) is 17.1. The standard InChI is InChI=1S/C43H37ClN4O10S/c1-18-25-12-19(44)6-11-32(25)59-37(18)28-17-33(46(3)45-28)48-39(52)27-16-26-22(36(43(27,2)42(48)56)35-30(50)14-21(57-4)15-31(35)58-5)9-10-24-34(26)40(53)47(38(24)51)20-7-8-23(41(54)55)29(49)13-20/h6-9,11-15,17,24,26-27,34,36,49-50H,10,16H2,1-5H3,(H,54,55)/t24-,26+,27-,34-,36+,43+/m0/s1. The number of carbonyl (C=O) groups is 5. The summed E-state index contributed by atoms with van der Waals surface area (Å²) in [4.78, 5) is 73.5. The van der Waals surface area contributed by atoms with Gasteiger partial charge in [-0.3, -0.25) is 23.9 Å². The van der Waals surface area contributed by atoms with Gasteiger partial charge in [0.1, 0.15) is 40.1 Å². The first kappa shape index (κ1) is 38.3. The van der Waals surface area contributed by atoms with Crippen LogP contribution in [0.4, 0.5) is 11.5 Å². The third kappa shape index (κ3) is 5.36. The Morgan fingerprint density at radius 2 is 1.69 bits per heavy atom. The number of carbonyl (C=O) groups excluding carboxylic acids is 4. The second-order valence-electron chi connectivity index (χ2n) is 15.7. The van der Waals surface area contributed by atoms with Gasteiger partial charge in [-0.2, -0.15) is 5.10 Å². The predicted molar refractivity (Wildman–Crippen MR) is 217 cm³/mol. The summed E-state index contributed by atoms with van der Waals surface area (Å²) in [6.45, 7) is 3.67. The maximum absolute atomic E-state index is 15.3. The van der Waals surface area contributed by atoms with E-state index >= 15 is 9.59 Å². The lowest BCUT2D eigenvalue weighted by Crippen LogP contribution is -2.49. The average molecular weight is 837 g/mol. The number of carboxylic acid groups (broad SMARTS) is 1. The fourth-order valence-corrected chi connectivity index (χ4v) is 11.3. The molecule has 0 unspecified atom stereocenters. The fraction of sp³-hybridized carbons (Fsp3) is 0.302. The van der Waals surface area contributed by atoms with Crippen LogP contribution in [0.2, 0.25) is 5.02 Å². The van der Waals surface area contributed by atoms with E-state index in [1.807, 2.05) is 31.2 Å². The number of aromatic carboxylic acids is 1. The van der Waals surface area contributed by atoms with Crippen LogP contribution in [0, 0.1) is 36.0 Å². The quantitative estimate of drug-likeness (QED) is 0.115. The molecule has 3 fully saturated rings. The van der Waals surface area contributed by atoms with E-state index in [1.54, 1.807) is 26.1 Å². The number of benzene rings is 3. The Morgan fingerprint density at radius 3 is 2.39 bits per heavy atom. The van der Waals surface area contributed by atoms with E-state index in [0.717, 1.165) is 42.5 Å². The van der Waals surface area contributed by atoms with Crippen molar-refractivity contribution in [3.8, 4) is 33.6 Å². The Balaban J connectivity index is 1.17. The summed E-state index contributed by atoms with van der Waals surface area (Å²) < 4.78 is 13.7. The maximum atomic E-state index is 15.3. The van der Waals surface area contributed by atoms with E-state index in [1.165, 1.54) is 42.4 Å². The molecule has 59 heavy (non-hydrogen) atoms. The smallest absolute Gasteiger partial charge is 0.339 e. The molecular formula is C43H37ClN4O10S. The van der Waals surface area contributed by atoms with Gasteiger partial charge >= 0.3 is 5.97 Å². The predicted octanol–water partition coefficient (Wildman–Crippen LogP) is 6.83. The van der Waals surface area contributed by atoms with Crippen LogP contribution in [0.15, 0.2) is 66.2 Å². The number of rotatable bonds is 7. The number of halogens is 1. The molecule has 4 aliphatic rings. The number of phenols is 2. The minimum absolute atomic E-state index is 0.00685. The van der Waals surface area contributed by atoms with Crippen molar-refractivity contribution in [3.05, 3.63) is 88.0 Å². The molecule has 4 amide bonds. The number of aromatic hydroxyl groups is 2. The molecule has 6 atom stereocenters. The number of carboxylic acids is 1. The Bertz CT molecular complexity index is 2760. The highest BCUT2D eigenvalue weighted by Crippen LogP contribution is 2.66. The van der Waals surface area contributed by atoms with Gasteiger partial charge in [-0.15, -0.1) is 11.3 Å². The van der Waals surface area contributed by atoms with Gasteiger partial charge in [-0.05, 0) is 73.9 Å². The number of hydrogen-bond donors (Lipinski definition) is 3. The first-order chi connectivity index (χ1) is 28.1. The van der Waals surface area contributed by atoms with Crippen LogP contribution in [0.1, 0.15) is 47.2 Å². The number of amides is 4. The Morgan fingerprint density at radius 1 is 0.932 bits per heavy atom. The highest BCUT2D eigenvalue weighted by Gasteiger charge is 2.68. The highest BCUT2D eigenvalue weighted by molar-refractivity contribution is 7.22. The van der Waals surface area contributed by atoms with Gasteiger partial charge in [-0.25, -0.2) is 14.6 Å². The summed E-state index contributed by atoms with van der Waals surface area (Å²) in [7, 11) is 4.51. The van der Waals surface area contributed by atoms with Crippen LogP contribution >= 0.6 is 22.9 Å². The van der Waals surface area contributed by atoms with Crippen molar-refractivity contribution in [1.29, 1.82) is 0 Å². The number of allylic oxidation sites excluding steroid dienone is 2. The normalized spacial score (nSPS) is 25.0. The molecule has 14 nitrogen and oxygen atoms in total. The summed E-state index contributed by atoms with van der Waals surface area (Å²) in [6.07, 6.45) is 1.96. The second kappa shape index (κ2) is 13.4. The van der Waals surface area contributed by atoms with E-state index in [2.05, 4.69) is 0 Å². The molecule has 302 valence electrons. The zero-order valence-electron chi connectivity index (χ0n) is 32.3. The van der Waals surface area contributed by atoms with Gasteiger partial charge in [0.2, 0.25) is 23.6 Å². The third-order valence-electron chi connectivity index (χ3n) is 12.8. The molecule has 2 saturated heterocycles. The SMILES string of the molecule is COc1cc(O)c([C@H]2C3=CC[C@@H]4C(=O)N(c5ccc(C(=O)O)c(O)c5)C(=O)[C@@H]4[C@@H]3C[C@H]3C(=O)N(c4cc(-c5sc6ccc(Cl)cc6c5C)nn4C)C(=O)[C@@]23C)c(OC)c1. The van der Waals surface area contributed by atoms with Crippen molar-refractivity contribution in [2.45, 2.75) is 32.6 Å². The molecule has 3 aromatic carbocycles. The molecule has 0 spiro atoms. The van der Waals surface area contributed by atoms with Gasteiger partial charge in [0, 0.05) is 52.5 Å². The van der Waals surface area contributed by atoms with Crippen LogP contribution in [-0.4, -0.2) is 68.9 Å². The number of ether oxygens (including phenoxy) is 2. The largest absolute Gasteiger partial charge is 0.507 e. The van der Waals surface area contributed by atoms with Crippen molar-refractivity contribution in [1.82, 2.24) is 9.78 Å². The van der Waals surface area contributed by atoms with Crippen LogP contribution in [0.25, 0.3) is 20.7 Å². The lowest BCUT2D eigenvalue weighted by molar-refractivity contribution is -0.131. The van der Waals surface area contributed by atoms with Crippen LogP contribution in [0.3, 0.4) is 0 Å². The van der Waals surface area contributed by atoms with Crippen molar-refractivity contribution < 1.29 is 48.8 Å². The zero-order valence-corrected chi connectivity index (χ0v) is 33.9. The fourth-order valence-electron chi connectivity index (χ4n) is 10.0. The van der Waals surface area contributed by atoms with E-state index in [4.69, 9.17) is 26.2 Å². The van der Waals surface area contributed by atoms with Crippen molar-refractivity contribution >= 4 is 74.1 Å². The average Bonchev–Trinajstić information content (AvgIpc) is 3.87. The minimum Gasteiger partial charge on any atom is -0.507 e. The highest BCUT2D eigenvalue weighted by atomic mass is 35.5. The molecule has 2 aromatic heterocycles. The lowest BCUT2D eigenvalue weighted by Gasteiger charge is -2.49. The molecule has 4 heterocycles. The molecule has 1 saturated carbocycles. The Kier molecular flexibility index (Phi) is 8.72. The van der Waals surface area contributed by atoms with Crippen LogP contribution in [0.5, 0.6) is 23.0 Å². The number of nitrogens with zero attached hydrogens (tertiary/aromatic N) is 4. The van der Waals surface area contributed by atoms with Gasteiger partial charge in [0.25, 0.3) is 0 Å². The molecule has 5 aromatic rings. The number of aryl methyl sites for hydroxylation is 2. The molecule has 0 bridgehead atoms. The minimum atomic E-state index is -1.52. The van der Waals surface area contributed by atoms with Crippen LogP contribution < -0.4 is 19.3 Å². The van der Waals surface area contributed by atoms with Gasteiger partial charge in [0.15, 0.2) is 0 Å². The van der Waals surface area contributed by atoms with Gasteiger partial charge < -0.3 is 24.8 Å². The summed E-state index contributed by atoms with van der Waals surface area (Å²) in [6, 6.07) is 13.8. The lowest BCUT2D eigenvalue weighted by atomic mass is 9.51. The number of thiophene rings is 1. The van der Waals surface area contributed by atoms with Crippen molar-refractivity contribution in [2.75, 3.05) is 24.0 Å². The summed E-state index contributed by atoms with van der Waals surface area (Å²) in [5.41, 5.74) is 0.422. The number of hydrogen-bond acceptors (Lipinski definition) is 11. The Labute approximate surface area is 345 Å². The number of imide groups is 2. The molecule has 2 aliphatic heterocycles. The topological polar surface area (TPSA) is 189 Å². The molecular weight excluding hydrogens is 800 g/mol. The van der Waals surface area contributed by atoms with E-state index in [-0.39, 0.29) is 47.2 Å². The molecule has 16 heteroatoms. The summed E-state index contributed by atoms with van der Waals surface area (Å²) >= 11 is 7.83. The maximum Gasteiger partial charge on any atom is 0.339 e. The summed E-state index contributed by atoms with van der Waals surface area (Å²) in [5.74, 6) is -8.31. The third-order valence-corrected chi connectivity index (χ3v) is 14.3. The first-order valence-electron chi connectivity index (χ1n) is 18.8. The number of aromatic nitrogens is 2. The molecule has 3 N–H and O–H groups in total. The Hall–Kier alpha value is -6.19. The molecule has 0 radical (unpaired) electrons. The van der Waals surface area contributed by atoms with Crippen LogP contribution in [-0.2, 0) is 26.2 Å². The van der Waals surface area contributed by atoms with Crippen molar-refractivity contribution in [2.24, 2.45) is 36.1 Å². The molecule has 9 rings (SSSR count). The molecule has 2 aliphatic carbocycles. The zero-order chi connectivity index (χ0) is 42.0. The number of methoxy groups -OCH3 is 2. The summed E-state index contributed by atoms with van der Waals surface area (Å²) in [5, 5.41) is 38.0. The van der Waals surface area contributed by atoms with E-state index in [0.29, 0.717) is 16.3 Å². The van der Waals surface area contributed by atoms with Gasteiger partial charge in [0.05, 0.1) is 48.0 Å². The van der Waals surface area contributed by atoms with Crippen molar-refractivity contribution in [3.63, 3.8) is 0 Å². The first-order valence-corrected chi connectivity index (χ1v) is 20.0. The number of fused-ring (bicyclic) bond motifs is 5. The van der Waals surface area contributed by atoms with E-state index < -0.39 is 75.9 Å².